The number of Topliss-reactive ketones (excluding diaryl/α,β-unsaturated/α-hetero) is 1. The van der Waals surface area contributed by atoms with Gasteiger partial charge in [0.05, 0.1) is 23.1 Å². The smallest absolute Gasteiger partial charge is 0.179 e. The molecule has 4 heteroatoms. The largest absolute Gasteiger partial charge is 0.293 e. The van der Waals surface area contributed by atoms with Crippen molar-refractivity contribution in [3.05, 3.63) is 29.0 Å². The second-order valence-electron chi connectivity index (χ2n) is 2.11. The number of nitrogens with zero attached hydrogens (tertiary/aromatic N) is 2. The van der Waals surface area contributed by atoms with Crippen LogP contribution in [0.15, 0.2) is 18.5 Å². The van der Waals surface area contributed by atoms with E-state index >= 15 is 0 Å². The zero-order chi connectivity index (χ0) is 8.97. The van der Waals surface area contributed by atoms with Crippen molar-refractivity contribution < 1.29 is 4.79 Å². The normalized spacial score (nSPS) is 9.00. The van der Waals surface area contributed by atoms with Crippen LogP contribution < -0.4 is 0 Å². The van der Waals surface area contributed by atoms with E-state index in [0.29, 0.717) is 10.6 Å². The lowest BCUT2D eigenvalue weighted by Crippen LogP contribution is -1.98. The number of aromatic nitrogens is 1. The molecule has 0 unspecified atom stereocenters. The molecular formula is C8H5ClN2O. The Kier molecular flexibility index (Phi) is 2.78. The monoisotopic (exact) mass is 180 g/mol. The highest BCUT2D eigenvalue weighted by Gasteiger charge is 2.08. The van der Waals surface area contributed by atoms with E-state index in [2.05, 4.69) is 4.98 Å². The first-order valence-corrected chi connectivity index (χ1v) is 3.63. The standard InChI is InChI=1S/C8H5ClN2O/c9-7-2-4-11-5-6(7)8(12)1-3-10/h2,4-5H,1H2. The second-order valence-corrected chi connectivity index (χ2v) is 2.52. The molecule has 60 valence electrons. The summed E-state index contributed by atoms with van der Waals surface area (Å²) >= 11 is 5.68. The molecule has 0 spiro atoms. The Morgan fingerprint density at radius 3 is 3.08 bits per heavy atom. The first kappa shape index (κ1) is 8.69. The lowest BCUT2D eigenvalue weighted by Gasteiger charge is -1.96. The minimum atomic E-state index is -0.296. The second kappa shape index (κ2) is 3.84. The Hall–Kier alpha value is -1.40. The summed E-state index contributed by atoms with van der Waals surface area (Å²) in [6.45, 7) is 0. The average Bonchev–Trinajstić information content (AvgIpc) is 2.05. The maximum atomic E-state index is 11.1. The van der Waals surface area contributed by atoms with Crippen molar-refractivity contribution in [3.63, 3.8) is 0 Å². The average molecular weight is 181 g/mol. The van der Waals surface area contributed by atoms with Crippen molar-refractivity contribution in [2.24, 2.45) is 0 Å². The Labute approximate surface area is 74.6 Å². The van der Waals surface area contributed by atoms with E-state index in [4.69, 9.17) is 16.9 Å². The highest BCUT2D eigenvalue weighted by atomic mass is 35.5. The van der Waals surface area contributed by atoms with Gasteiger partial charge < -0.3 is 0 Å². The van der Waals surface area contributed by atoms with Crippen LogP contribution in [0.1, 0.15) is 16.8 Å². The predicted molar refractivity (Wildman–Crippen MR) is 43.8 cm³/mol. The fourth-order valence-corrected chi connectivity index (χ4v) is 0.960. The van der Waals surface area contributed by atoms with Crippen molar-refractivity contribution in [2.45, 2.75) is 6.42 Å². The van der Waals surface area contributed by atoms with E-state index < -0.39 is 0 Å². The molecule has 1 heterocycles. The summed E-state index contributed by atoms with van der Waals surface area (Å²) in [5.41, 5.74) is 0.306. The minimum Gasteiger partial charge on any atom is -0.293 e. The molecule has 0 radical (unpaired) electrons. The number of hydrogen-bond acceptors (Lipinski definition) is 3. The van der Waals surface area contributed by atoms with Crippen molar-refractivity contribution in [1.82, 2.24) is 4.98 Å². The third kappa shape index (κ3) is 1.80. The first-order chi connectivity index (χ1) is 5.75. The zero-order valence-corrected chi connectivity index (χ0v) is 6.88. The topological polar surface area (TPSA) is 53.8 Å². The third-order valence-electron chi connectivity index (χ3n) is 1.31. The fourth-order valence-electron chi connectivity index (χ4n) is 0.750. The summed E-state index contributed by atoms with van der Waals surface area (Å²) in [5, 5.41) is 8.59. The molecule has 0 atom stereocenters. The van der Waals surface area contributed by atoms with Gasteiger partial charge in [0.15, 0.2) is 5.78 Å². The molecular weight excluding hydrogens is 176 g/mol. The van der Waals surface area contributed by atoms with Gasteiger partial charge in [0.25, 0.3) is 0 Å². The van der Waals surface area contributed by atoms with Crippen LogP contribution in [-0.4, -0.2) is 10.8 Å². The quantitative estimate of drug-likeness (QED) is 0.653. The molecule has 0 saturated heterocycles. The van der Waals surface area contributed by atoms with Gasteiger partial charge in [-0.25, -0.2) is 0 Å². The minimum absolute atomic E-state index is 0.161. The van der Waals surface area contributed by atoms with Crippen LogP contribution in [0.3, 0.4) is 0 Å². The Balaban J connectivity index is 2.97. The Bertz CT molecular complexity index is 343. The van der Waals surface area contributed by atoms with Crippen LogP contribution in [0.2, 0.25) is 5.02 Å². The van der Waals surface area contributed by atoms with Gasteiger partial charge in [-0.1, -0.05) is 11.6 Å². The van der Waals surface area contributed by atoms with Gasteiger partial charge in [0, 0.05) is 12.4 Å². The van der Waals surface area contributed by atoms with Crippen molar-refractivity contribution >= 4 is 17.4 Å². The summed E-state index contributed by atoms with van der Waals surface area (Å²) in [7, 11) is 0. The van der Waals surface area contributed by atoms with Crippen LogP contribution in [-0.2, 0) is 0 Å². The molecule has 0 aromatic carbocycles. The summed E-state index contributed by atoms with van der Waals surface area (Å²) < 4.78 is 0. The molecule has 1 aromatic heterocycles. The molecule has 1 aromatic rings. The maximum Gasteiger partial charge on any atom is 0.179 e. The summed E-state index contributed by atoms with van der Waals surface area (Å²) in [5.74, 6) is -0.296. The van der Waals surface area contributed by atoms with Crippen LogP contribution in [0.5, 0.6) is 0 Å². The summed E-state index contributed by atoms with van der Waals surface area (Å²) in [4.78, 5) is 14.9. The number of nitriles is 1. The number of rotatable bonds is 2. The van der Waals surface area contributed by atoms with E-state index in [0.717, 1.165) is 0 Å². The van der Waals surface area contributed by atoms with Crippen LogP contribution in [0.4, 0.5) is 0 Å². The Morgan fingerprint density at radius 1 is 1.75 bits per heavy atom. The number of pyridine rings is 1. The van der Waals surface area contributed by atoms with Gasteiger partial charge >= 0.3 is 0 Å². The van der Waals surface area contributed by atoms with Crippen LogP contribution >= 0.6 is 11.6 Å². The third-order valence-corrected chi connectivity index (χ3v) is 1.64. The highest BCUT2D eigenvalue weighted by Crippen LogP contribution is 2.14. The van der Waals surface area contributed by atoms with Crippen molar-refractivity contribution in [1.29, 1.82) is 5.26 Å². The van der Waals surface area contributed by atoms with E-state index in [1.165, 1.54) is 18.5 Å². The highest BCUT2D eigenvalue weighted by molar-refractivity contribution is 6.33. The van der Waals surface area contributed by atoms with Crippen LogP contribution in [0, 0.1) is 11.3 Å². The summed E-state index contributed by atoms with van der Waals surface area (Å²) in [6.07, 6.45) is 2.69. The fraction of sp³-hybridized carbons (Fsp3) is 0.125. The van der Waals surface area contributed by atoms with E-state index in [9.17, 15) is 4.79 Å². The summed E-state index contributed by atoms with van der Waals surface area (Å²) in [6, 6.07) is 3.28. The number of carbonyl (C=O) groups is 1. The van der Waals surface area contributed by atoms with E-state index in [1.54, 1.807) is 6.07 Å². The van der Waals surface area contributed by atoms with Gasteiger partial charge in [0.1, 0.15) is 0 Å². The van der Waals surface area contributed by atoms with Crippen molar-refractivity contribution in [3.8, 4) is 6.07 Å². The molecule has 0 bridgehead atoms. The lowest BCUT2D eigenvalue weighted by molar-refractivity contribution is 0.0997. The zero-order valence-electron chi connectivity index (χ0n) is 6.12. The molecule has 0 aliphatic heterocycles. The molecule has 3 nitrogen and oxygen atoms in total. The number of halogens is 1. The van der Waals surface area contributed by atoms with Gasteiger partial charge in [-0.3, -0.25) is 9.78 Å². The van der Waals surface area contributed by atoms with Gasteiger partial charge in [-0.05, 0) is 6.07 Å². The molecule has 0 amide bonds. The Morgan fingerprint density at radius 2 is 2.50 bits per heavy atom. The van der Waals surface area contributed by atoms with Gasteiger partial charge in [0.2, 0.25) is 0 Å². The molecule has 0 aliphatic carbocycles. The van der Waals surface area contributed by atoms with Crippen molar-refractivity contribution in [2.75, 3.05) is 0 Å². The molecule has 0 fully saturated rings. The lowest BCUT2D eigenvalue weighted by atomic mass is 10.1. The SMILES string of the molecule is N#CCC(=O)c1cnccc1Cl. The van der Waals surface area contributed by atoms with E-state index in [1.807, 2.05) is 0 Å². The maximum absolute atomic E-state index is 11.1. The van der Waals surface area contributed by atoms with Gasteiger partial charge in [-0.15, -0.1) is 0 Å². The molecule has 1 rings (SSSR count). The number of ketones is 1. The predicted octanol–water partition coefficient (Wildman–Crippen LogP) is 1.83. The molecule has 12 heavy (non-hydrogen) atoms. The molecule has 0 N–H and O–H groups in total. The first-order valence-electron chi connectivity index (χ1n) is 3.25. The van der Waals surface area contributed by atoms with Crippen LogP contribution in [0.25, 0.3) is 0 Å². The van der Waals surface area contributed by atoms with Gasteiger partial charge in [-0.2, -0.15) is 5.26 Å². The molecule has 0 aliphatic rings. The van der Waals surface area contributed by atoms with E-state index in [-0.39, 0.29) is 12.2 Å². The number of hydrogen-bond donors (Lipinski definition) is 0. The number of carbonyl (C=O) groups excluding carboxylic acids is 1. The molecule has 0 saturated carbocycles.